The number of ether oxygens (including phenoxy) is 1. The molecule has 2 heterocycles. The van der Waals surface area contributed by atoms with E-state index in [1.165, 1.54) is 25.3 Å². The van der Waals surface area contributed by atoms with E-state index < -0.39 is 15.4 Å². The first-order valence-electron chi connectivity index (χ1n) is 9.13. The number of nitrogens with one attached hydrogen (secondary N) is 1. The Kier molecular flexibility index (Phi) is 5.71. The molecule has 0 aliphatic carbocycles. The lowest BCUT2D eigenvalue weighted by Gasteiger charge is -2.18. The second kappa shape index (κ2) is 7.65. The van der Waals surface area contributed by atoms with Gasteiger partial charge in [-0.05, 0) is 37.6 Å². The summed E-state index contributed by atoms with van der Waals surface area (Å²) >= 11 is 0. The Morgan fingerprint density at radius 2 is 1.93 bits per heavy atom. The van der Waals surface area contributed by atoms with Gasteiger partial charge in [-0.15, -0.1) is 12.4 Å². The minimum Gasteiger partial charge on any atom is -0.493 e. The summed E-state index contributed by atoms with van der Waals surface area (Å²) < 4.78 is 38.1. The first kappa shape index (κ1) is 21.6. The van der Waals surface area contributed by atoms with Crippen LogP contribution in [0.5, 0.6) is 5.75 Å². The van der Waals surface area contributed by atoms with Gasteiger partial charge in [0.05, 0.1) is 22.5 Å². The van der Waals surface area contributed by atoms with E-state index in [1.54, 1.807) is 32.0 Å². The number of rotatable bonds is 4. The zero-order valence-corrected chi connectivity index (χ0v) is 18.1. The van der Waals surface area contributed by atoms with Gasteiger partial charge in [0.15, 0.2) is 11.3 Å². The summed E-state index contributed by atoms with van der Waals surface area (Å²) in [5.74, 6) is 1.26. The number of furan rings is 1. The predicted molar refractivity (Wildman–Crippen MR) is 113 cm³/mol. The van der Waals surface area contributed by atoms with E-state index in [9.17, 15) is 13.5 Å². The second-order valence-electron chi connectivity index (χ2n) is 7.52. The van der Waals surface area contributed by atoms with Crippen molar-refractivity contribution < 1.29 is 22.7 Å². The van der Waals surface area contributed by atoms with Gasteiger partial charge in [-0.2, -0.15) is 0 Å². The summed E-state index contributed by atoms with van der Waals surface area (Å²) in [4.78, 5) is 0.267. The maximum Gasteiger partial charge on any atom is 0.206 e. The van der Waals surface area contributed by atoms with E-state index in [0.717, 1.165) is 29.7 Å². The summed E-state index contributed by atoms with van der Waals surface area (Å²) in [5.41, 5.74) is 0.941. The highest BCUT2D eigenvalue weighted by Crippen LogP contribution is 2.38. The van der Waals surface area contributed by atoms with Gasteiger partial charge in [-0.25, -0.2) is 8.42 Å². The van der Waals surface area contributed by atoms with Gasteiger partial charge in [-0.1, -0.05) is 12.1 Å². The van der Waals surface area contributed by atoms with Crippen molar-refractivity contribution >= 4 is 33.2 Å². The summed E-state index contributed by atoms with van der Waals surface area (Å²) in [6, 6.07) is 9.54. The van der Waals surface area contributed by atoms with Crippen LogP contribution < -0.4 is 10.1 Å². The normalized spacial score (nSPS) is 14.3. The molecule has 4 rings (SSSR count). The van der Waals surface area contributed by atoms with Crippen molar-refractivity contribution in [1.29, 1.82) is 0 Å². The third-order valence-corrected chi connectivity index (χ3v) is 6.86. The van der Waals surface area contributed by atoms with Crippen LogP contribution in [0.15, 0.2) is 50.6 Å². The van der Waals surface area contributed by atoms with Crippen LogP contribution in [0.25, 0.3) is 11.0 Å². The topological polar surface area (TPSA) is 88.8 Å². The molecule has 0 saturated carbocycles. The molecule has 6 nitrogen and oxygen atoms in total. The van der Waals surface area contributed by atoms with E-state index in [0.29, 0.717) is 23.4 Å². The number of fused-ring (bicyclic) bond motifs is 3. The number of halogens is 1. The molecule has 1 aliphatic heterocycles. The summed E-state index contributed by atoms with van der Waals surface area (Å²) in [7, 11) is -2.30. The molecule has 0 fully saturated rings. The minimum absolute atomic E-state index is 0. The van der Waals surface area contributed by atoms with Gasteiger partial charge in [0.2, 0.25) is 9.84 Å². The highest BCUT2D eigenvalue weighted by Gasteiger charge is 2.26. The zero-order valence-electron chi connectivity index (χ0n) is 16.5. The van der Waals surface area contributed by atoms with Crippen LogP contribution in [0.2, 0.25) is 0 Å². The van der Waals surface area contributed by atoms with E-state index in [4.69, 9.17) is 9.15 Å². The number of hydrogen-bond acceptors (Lipinski definition) is 6. The number of aliphatic hydroxyl groups is 1. The molecule has 1 aliphatic rings. The summed E-state index contributed by atoms with van der Waals surface area (Å²) in [5, 5.41) is 14.3. The number of sulfone groups is 1. The van der Waals surface area contributed by atoms with Crippen molar-refractivity contribution in [2.24, 2.45) is 0 Å². The number of methoxy groups -OCH3 is 1. The maximum atomic E-state index is 13.3. The molecule has 1 aromatic heterocycles. The molecule has 0 atom stereocenters. The molecule has 29 heavy (non-hydrogen) atoms. The predicted octanol–water partition coefficient (Wildman–Crippen LogP) is 3.57. The number of hydrogen-bond donors (Lipinski definition) is 2. The first-order chi connectivity index (χ1) is 13.2. The van der Waals surface area contributed by atoms with Gasteiger partial charge in [0, 0.05) is 36.5 Å². The monoisotopic (exact) mass is 437 g/mol. The SMILES string of the molecule is COc1cc(S(=O)(=O)c2cccc(C(C)(C)O)c2)cc2c3c(oc12)CCNC3.Cl. The van der Waals surface area contributed by atoms with E-state index in [1.807, 2.05) is 0 Å². The molecule has 2 aromatic carbocycles. The Morgan fingerprint density at radius 3 is 2.62 bits per heavy atom. The maximum absolute atomic E-state index is 13.3. The van der Waals surface area contributed by atoms with Crippen LogP contribution in [0.3, 0.4) is 0 Å². The van der Waals surface area contributed by atoms with Crippen molar-refractivity contribution in [1.82, 2.24) is 5.32 Å². The average molecular weight is 438 g/mol. The standard InChI is InChI=1S/C21H23NO5S.ClH/c1-21(2,23)13-5-4-6-14(9-13)28(24,25)15-10-16-17-12-22-8-7-18(17)27-20(16)19(11-15)26-3;/h4-6,9-11,22-23H,7-8,12H2,1-3H3;1H. The van der Waals surface area contributed by atoms with Gasteiger partial charge in [0.25, 0.3) is 0 Å². The van der Waals surface area contributed by atoms with Gasteiger partial charge in [0.1, 0.15) is 5.76 Å². The van der Waals surface area contributed by atoms with Gasteiger partial charge < -0.3 is 19.6 Å². The molecule has 2 N–H and O–H groups in total. The molecule has 0 bridgehead atoms. The van der Waals surface area contributed by atoms with Crippen molar-refractivity contribution in [3.05, 3.63) is 53.3 Å². The molecule has 0 spiro atoms. The molecular formula is C21H24ClNO5S. The van der Waals surface area contributed by atoms with Crippen molar-refractivity contribution in [3.8, 4) is 5.75 Å². The Balaban J connectivity index is 0.00000240. The fraction of sp³-hybridized carbons (Fsp3) is 0.333. The van der Waals surface area contributed by atoms with E-state index in [2.05, 4.69) is 5.32 Å². The average Bonchev–Trinajstić information content (AvgIpc) is 3.05. The van der Waals surface area contributed by atoms with E-state index in [-0.39, 0.29) is 22.2 Å². The van der Waals surface area contributed by atoms with Crippen LogP contribution in [0, 0.1) is 0 Å². The Bertz CT molecular complexity index is 1160. The zero-order chi connectivity index (χ0) is 20.1. The van der Waals surface area contributed by atoms with Crippen molar-refractivity contribution in [3.63, 3.8) is 0 Å². The second-order valence-corrected chi connectivity index (χ2v) is 9.47. The molecule has 8 heteroatoms. The fourth-order valence-corrected chi connectivity index (χ4v) is 4.89. The van der Waals surface area contributed by atoms with Crippen LogP contribution in [0.4, 0.5) is 0 Å². The third-order valence-electron chi connectivity index (χ3n) is 5.13. The highest BCUT2D eigenvalue weighted by atomic mass is 35.5. The van der Waals surface area contributed by atoms with Crippen LogP contribution in [0.1, 0.15) is 30.7 Å². The third kappa shape index (κ3) is 3.75. The van der Waals surface area contributed by atoms with Crippen LogP contribution >= 0.6 is 12.4 Å². The molecule has 0 radical (unpaired) electrons. The summed E-state index contributed by atoms with van der Waals surface area (Å²) in [6.07, 6.45) is 0.753. The van der Waals surface area contributed by atoms with Crippen LogP contribution in [-0.4, -0.2) is 27.2 Å². The number of benzene rings is 2. The molecule has 0 saturated heterocycles. The molecule has 0 amide bonds. The molecular weight excluding hydrogens is 414 g/mol. The highest BCUT2D eigenvalue weighted by molar-refractivity contribution is 7.91. The minimum atomic E-state index is -3.80. The Hall–Kier alpha value is -2.06. The van der Waals surface area contributed by atoms with Crippen molar-refractivity contribution in [2.75, 3.05) is 13.7 Å². The molecule has 0 unspecified atom stereocenters. The fourth-order valence-electron chi connectivity index (χ4n) is 3.54. The lowest BCUT2D eigenvalue weighted by Crippen LogP contribution is -2.22. The van der Waals surface area contributed by atoms with E-state index >= 15 is 0 Å². The largest absolute Gasteiger partial charge is 0.493 e. The van der Waals surface area contributed by atoms with Gasteiger partial charge in [-0.3, -0.25) is 0 Å². The van der Waals surface area contributed by atoms with Crippen molar-refractivity contribution in [2.45, 2.75) is 42.2 Å². The lowest BCUT2D eigenvalue weighted by atomic mass is 9.99. The molecule has 156 valence electrons. The molecule has 3 aromatic rings. The van der Waals surface area contributed by atoms with Crippen LogP contribution in [-0.2, 0) is 28.4 Å². The van der Waals surface area contributed by atoms with Gasteiger partial charge >= 0.3 is 0 Å². The summed E-state index contributed by atoms with van der Waals surface area (Å²) in [6.45, 7) is 4.70. The Labute approximate surface area is 176 Å². The Morgan fingerprint density at radius 1 is 1.17 bits per heavy atom. The first-order valence-corrected chi connectivity index (χ1v) is 10.6. The smallest absolute Gasteiger partial charge is 0.206 e. The quantitative estimate of drug-likeness (QED) is 0.648. The lowest BCUT2D eigenvalue weighted by molar-refractivity contribution is 0.0784.